The molecule has 0 radical (unpaired) electrons. The van der Waals surface area contributed by atoms with E-state index in [1.165, 1.54) is 55.4 Å². The van der Waals surface area contributed by atoms with Crippen molar-refractivity contribution in [3.63, 3.8) is 0 Å². The van der Waals surface area contributed by atoms with Gasteiger partial charge in [0.15, 0.2) is 23.1 Å². The van der Waals surface area contributed by atoms with E-state index < -0.39 is 0 Å². The third kappa shape index (κ3) is 77.2. The Kier molecular flexibility index (Phi) is 30.4. The summed E-state index contributed by atoms with van der Waals surface area (Å²) in [5, 5.41) is 39.9. The second-order valence-electron chi connectivity index (χ2n) is 5.46. The zero-order chi connectivity index (χ0) is 23.4. The fourth-order valence-corrected chi connectivity index (χ4v) is 1.14. The number of allylic oxidation sites excluding steroid dienone is 8. The first-order chi connectivity index (χ1) is 12.5. The van der Waals surface area contributed by atoms with Gasteiger partial charge in [0.05, 0.1) is 0 Å². The average molecular weight is 444 g/mol. The van der Waals surface area contributed by atoms with Crippen LogP contribution in [-0.4, -0.2) is 23.1 Å². The van der Waals surface area contributed by atoms with Gasteiger partial charge in [-0.3, -0.25) is 19.2 Å². The van der Waals surface area contributed by atoms with Crippen molar-refractivity contribution in [2.45, 2.75) is 55.4 Å². The van der Waals surface area contributed by atoms with Gasteiger partial charge in [-0.2, -0.15) is 0 Å². The van der Waals surface area contributed by atoms with Crippen molar-refractivity contribution in [2.24, 2.45) is 0 Å². The van der Waals surface area contributed by atoms with Gasteiger partial charge in [-0.1, -0.05) is 27.7 Å². The molecule has 0 atom stereocenters. The van der Waals surface area contributed by atoms with Crippen LogP contribution in [0.5, 0.6) is 0 Å². The maximum atomic E-state index is 9.98. The molecule has 0 rings (SSSR count). The van der Waals surface area contributed by atoms with Crippen LogP contribution in [0.1, 0.15) is 55.4 Å². The minimum atomic E-state index is -0.187. The fraction of sp³-hybridized carbons (Fsp3) is 0.400. The molecule has 8 nitrogen and oxygen atoms in total. The van der Waals surface area contributed by atoms with Crippen LogP contribution in [-0.2, 0) is 40.9 Å². The van der Waals surface area contributed by atoms with Crippen LogP contribution >= 0.6 is 0 Å². The number of carbonyl (C=O) groups is 4. The quantitative estimate of drug-likeness (QED) is 0.314. The van der Waals surface area contributed by atoms with Crippen LogP contribution < -0.4 is 20.4 Å². The van der Waals surface area contributed by atoms with Crippen LogP contribution in [0.25, 0.3) is 0 Å². The monoisotopic (exact) mass is 444 g/mol. The summed E-state index contributed by atoms with van der Waals surface area (Å²) in [6, 6.07) is 0. The Hall–Kier alpha value is -2.45. The summed E-state index contributed by atoms with van der Waals surface area (Å²) in [6.45, 7) is 10.8. The zero-order valence-corrected chi connectivity index (χ0v) is 19.6. The maximum absolute atomic E-state index is 9.98. The second kappa shape index (κ2) is 23.6. The fourth-order valence-electron chi connectivity index (χ4n) is 1.14. The number of ketones is 4. The van der Waals surface area contributed by atoms with Crippen molar-refractivity contribution in [2.75, 3.05) is 0 Å². The SMILES string of the molecule is CC(=O)/C=C(/C)[O-].CC(=O)/C=C(/C)[O-].CC(=O)/C=C(/C)[O-].CC(=O)/C=C(/C)[O-].[Ti+4]. The Balaban J connectivity index is -0.0000000873. The van der Waals surface area contributed by atoms with Crippen LogP contribution in [0.4, 0.5) is 0 Å². The van der Waals surface area contributed by atoms with Gasteiger partial charge in [0.25, 0.3) is 0 Å². The number of hydrogen-bond acceptors (Lipinski definition) is 8. The molecule has 0 aliphatic rings. The standard InChI is InChI=1S/4C5H8O2.Ti/c4*1-4(6)3-5(2)7;/h4*3,6H,1-2H3;/q;;;;+4/p-4/b4*4-3-;. The molecule has 0 heterocycles. The molecule has 0 bridgehead atoms. The van der Waals surface area contributed by atoms with Crippen molar-refractivity contribution in [3.05, 3.63) is 47.3 Å². The van der Waals surface area contributed by atoms with E-state index in [0.717, 1.165) is 24.3 Å². The molecule has 0 aromatic rings. The topological polar surface area (TPSA) is 161 Å². The van der Waals surface area contributed by atoms with E-state index in [1.54, 1.807) is 0 Å². The predicted octanol–water partition coefficient (Wildman–Crippen LogP) is -0.644. The summed E-state index contributed by atoms with van der Waals surface area (Å²) in [4.78, 5) is 39.9. The van der Waals surface area contributed by atoms with Gasteiger partial charge in [0.2, 0.25) is 0 Å². The molecule has 0 N–H and O–H groups in total. The molecule has 0 saturated carbocycles. The molecule has 0 aliphatic heterocycles. The van der Waals surface area contributed by atoms with Gasteiger partial charge in [0, 0.05) is 0 Å². The number of carbonyl (C=O) groups excluding carboxylic acids is 4. The zero-order valence-electron chi connectivity index (χ0n) is 18.1. The molecule has 29 heavy (non-hydrogen) atoms. The molecule has 0 aromatic carbocycles. The molecule has 9 heteroatoms. The van der Waals surface area contributed by atoms with Crippen molar-refractivity contribution >= 4 is 23.1 Å². The normalized spacial score (nSPS) is 11.0. The van der Waals surface area contributed by atoms with Gasteiger partial charge >= 0.3 is 21.7 Å². The van der Waals surface area contributed by atoms with Crippen molar-refractivity contribution in [1.82, 2.24) is 0 Å². The van der Waals surface area contributed by atoms with Crippen molar-refractivity contribution in [1.29, 1.82) is 0 Å². The summed E-state index contributed by atoms with van der Waals surface area (Å²) < 4.78 is 0. The summed E-state index contributed by atoms with van der Waals surface area (Å²) in [5.41, 5.74) is 0. The summed E-state index contributed by atoms with van der Waals surface area (Å²) in [5.74, 6) is -1.50. The minimum Gasteiger partial charge on any atom is -0.876 e. The molecule has 160 valence electrons. The smallest absolute Gasteiger partial charge is 0.876 e. The van der Waals surface area contributed by atoms with E-state index in [0.29, 0.717) is 0 Å². The average Bonchev–Trinajstić information content (AvgIpc) is 2.32. The molecule has 0 aliphatic carbocycles. The number of hydrogen-bond donors (Lipinski definition) is 0. The van der Waals surface area contributed by atoms with Gasteiger partial charge < -0.3 is 20.4 Å². The first kappa shape index (κ1) is 37.3. The summed E-state index contributed by atoms with van der Waals surface area (Å²) in [7, 11) is 0. The molecule has 0 saturated heterocycles. The summed E-state index contributed by atoms with van der Waals surface area (Å²) >= 11 is 0. The molecule has 0 aromatic heterocycles. The predicted molar refractivity (Wildman–Crippen MR) is 97.8 cm³/mol. The van der Waals surface area contributed by atoms with Crippen LogP contribution in [0.3, 0.4) is 0 Å². The third-order valence-corrected chi connectivity index (χ3v) is 1.63. The Bertz CT molecular complexity index is 513. The third-order valence-electron chi connectivity index (χ3n) is 1.63. The van der Waals surface area contributed by atoms with E-state index in [-0.39, 0.29) is 67.9 Å². The Morgan fingerprint density at radius 3 is 0.517 bits per heavy atom. The second-order valence-corrected chi connectivity index (χ2v) is 5.46. The Labute approximate surface area is 187 Å². The van der Waals surface area contributed by atoms with E-state index in [4.69, 9.17) is 0 Å². The van der Waals surface area contributed by atoms with Crippen molar-refractivity contribution < 1.29 is 61.3 Å². The van der Waals surface area contributed by atoms with Crippen LogP contribution in [0, 0.1) is 0 Å². The minimum absolute atomic E-state index is 0. The molecule has 0 amide bonds. The first-order valence-corrected chi connectivity index (χ1v) is 7.94. The molecule has 0 fully saturated rings. The molecule has 0 unspecified atom stereocenters. The largest absolute Gasteiger partial charge is 4.00 e. The maximum Gasteiger partial charge on any atom is 4.00 e. The Morgan fingerprint density at radius 2 is 0.517 bits per heavy atom. The number of rotatable bonds is 4. The van der Waals surface area contributed by atoms with E-state index in [1.807, 2.05) is 0 Å². The van der Waals surface area contributed by atoms with Gasteiger partial charge in [0.1, 0.15) is 0 Å². The van der Waals surface area contributed by atoms with Crippen LogP contribution in [0.2, 0.25) is 0 Å². The summed E-state index contributed by atoms with van der Waals surface area (Å²) in [6.07, 6.45) is 4.22. The van der Waals surface area contributed by atoms with E-state index in [9.17, 15) is 39.6 Å². The van der Waals surface area contributed by atoms with E-state index in [2.05, 4.69) is 0 Å². The van der Waals surface area contributed by atoms with Crippen LogP contribution in [0.15, 0.2) is 47.3 Å². The van der Waals surface area contributed by atoms with Gasteiger partial charge in [-0.15, -0.1) is 23.0 Å². The first-order valence-electron chi connectivity index (χ1n) is 7.94. The van der Waals surface area contributed by atoms with Crippen molar-refractivity contribution in [3.8, 4) is 0 Å². The molecular formula is C20H28O8Ti. The molecular weight excluding hydrogens is 416 g/mol. The molecule has 0 spiro atoms. The van der Waals surface area contributed by atoms with E-state index >= 15 is 0 Å². The van der Waals surface area contributed by atoms with Gasteiger partial charge in [-0.25, -0.2) is 0 Å². The van der Waals surface area contributed by atoms with Gasteiger partial charge in [-0.05, 0) is 52.0 Å². The Morgan fingerprint density at radius 1 is 0.414 bits per heavy atom.